The third-order valence-electron chi connectivity index (χ3n) is 3.99. The molecular formula is C13H18N4O2S. The molecule has 1 N–H and O–H groups in total. The molecule has 1 aliphatic carbocycles. The van der Waals surface area contributed by atoms with Gasteiger partial charge in [0.2, 0.25) is 10.0 Å². The first kappa shape index (κ1) is 14.9. The molecule has 108 valence electrons. The fourth-order valence-electron chi connectivity index (χ4n) is 2.29. The standard InChI is InChI=1S/C13H18N4O2S/c1-17(2)13(6-3-7-13)10-16-20(18,19)12-5-4-11(8-14)15-9-12/h4-5,9,16H,3,6-7,10H2,1-2H3. The molecule has 0 amide bonds. The lowest BCUT2D eigenvalue weighted by molar-refractivity contribution is 0.0657. The number of hydrogen-bond acceptors (Lipinski definition) is 5. The van der Waals surface area contributed by atoms with Crippen LogP contribution in [0.1, 0.15) is 25.0 Å². The third-order valence-corrected chi connectivity index (χ3v) is 5.37. The molecule has 1 heterocycles. The number of aromatic nitrogens is 1. The quantitative estimate of drug-likeness (QED) is 0.864. The molecule has 6 nitrogen and oxygen atoms in total. The minimum Gasteiger partial charge on any atom is -0.302 e. The first-order chi connectivity index (χ1) is 9.39. The minimum atomic E-state index is -3.58. The van der Waals surface area contributed by atoms with Gasteiger partial charge in [-0.05, 0) is 45.5 Å². The van der Waals surface area contributed by atoms with Gasteiger partial charge in [-0.25, -0.2) is 18.1 Å². The molecule has 2 rings (SSSR count). The Kier molecular flexibility index (Phi) is 4.09. The van der Waals surface area contributed by atoms with Crippen molar-refractivity contribution in [3.05, 3.63) is 24.0 Å². The van der Waals surface area contributed by atoms with E-state index in [2.05, 4.69) is 14.6 Å². The van der Waals surface area contributed by atoms with Crippen LogP contribution in [0, 0.1) is 11.3 Å². The Morgan fingerprint density at radius 1 is 1.45 bits per heavy atom. The highest BCUT2D eigenvalue weighted by atomic mass is 32.2. The predicted molar refractivity (Wildman–Crippen MR) is 74.4 cm³/mol. The Labute approximate surface area is 119 Å². The summed E-state index contributed by atoms with van der Waals surface area (Å²) in [5.41, 5.74) is 0.125. The molecule has 0 aromatic carbocycles. The van der Waals surface area contributed by atoms with E-state index in [0.717, 1.165) is 19.3 Å². The molecule has 0 radical (unpaired) electrons. The van der Waals surface area contributed by atoms with Gasteiger partial charge in [0.15, 0.2) is 0 Å². The number of nitrogens with zero attached hydrogens (tertiary/aromatic N) is 3. The van der Waals surface area contributed by atoms with Crippen molar-refractivity contribution in [1.82, 2.24) is 14.6 Å². The zero-order chi connectivity index (χ0) is 14.8. The van der Waals surface area contributed by atoms with Crippen LogP contribution in [0.2, 0.25) is 0 Å². The molecule has 1 aromatic heterocycles. The van der Waals surface area contributed by atoms with Crippen LogP contribution < -0.4 is 4.72 Å². The van der Waals surface area contributed by atoms with E-state index in [4.69, 9.17) is 5.26 Å². The molecule has 1 fully saturated rings. The van der Waals surface area contributed by atoms with E-state index >= 15 is 0 Å². The molecule has 0 bridgehead atoms. The highest BCUT2D eigenvalue weighted by molar-refractivity contribution is 7.89. The van der Waals surface area contributed by atoms with Crippen LogP contribution in [0.4, 0.5) is 0 Å². The SMILES string of the molecule is CN(C)C1(CNS(=O)(=O)c2ccc(C#N)nc2)CCC1. The summed E-state index contributed by atoms with van der Waals surface area (Å²) in [6, 6.07) is 4.66. The lowest BCUT2D eigenvalue weighted by Crippen LogP contribution is -2.57. The number of sulfonamides is 1. The Morgan fingerprint density at radius 3 is 2.55 bits per heavy atom. The monoisotopic (exact) mass is 294 g/mol. The molecular weight excluding hydrogens is 276 g/mol. The van der Waals surface area contributed by atoms with Crippen LogP contribution >= 0.6 is 0 Å². The Balaban J connectivity index is 2.09. The second kappa shape index (κ2) is 5.48. The summed E-state index contributed by atoms with van der Waals surface area (Å²) in [6.45, 7) is 0.391. The van der Waals surface area contributed by atoms with E-state index in [1.54, 1.807) is 0 Å². The van der Waals surface area contributed by atoms with Gasteiger partial charge in [-0.2, -0.15) is 5.26 Å². The summed E-state index contributed by atoms with van der Waals surface area (Å²) >= 11 is 0. The number of nitriles is 1. The van der Waals surface area contributed by atoms with Crippen molar-refractivity contribution in [3.8, 4) is 6.07 Å². The van der Waals surface area contributed by atoms with Crippen LogP contribution in [-0.4, -0.2) is 44.5 Å². The summed E-state index contributed by atoms with van der Waals surface area (Å²) in [5.74, 6) is 0. The number of pyridine rings is 1. The van der Waals surface area contributed by atoms with Gasteiger partial charge in [0, 0.05) is 18.3 Å². The third kappa shape index (κ3) is 2.82. The smallest absolute Gasteiger partial charge is 0.242 e. The van der Waals surface area contributed by atoms with Gasteiger partial charge in [-0.3, -0.25) is 0 Å². The van der Waals surface area contributed by atoms with E-state index < -0.39 is 10.0 Å². The summed E-state index contributed by atoms with van der Waals surface area (Å²) < 4.78 is 27.0. The maximum absolute atomic E-state index is 12.2. The highest BCUT2D eigenvalue weighted by Crippen LogP contribution is 2.35. The van der Waals surface area contributed by atoms with Crippen LogP contribution in [0.5, 0.6) is 0 Å². The molecule has 0 spiro atoms. The number of likely N-dealkylation sites (N-methyl/N-ethyl adjacent to an activating group) is 1. The Bertz CT molecular complexity index is 613. The van der Waals surface area contributed by atoms with Gasteiger partial charge >= 0.3 is 0 Å². The van der Waals surface area contributed by atoms with Crippen molar-refractivity contribution in [2.45, 2.75) is 29.7 Å². The topological polar surface area (TPSA) is 86.1 Å². The van der Waals surface area contributed by atoms with Gasteiger partial charge in [0.25, 0.3) is 0 Å². The van der Waals surface area contributed by atoms with E-state index in [9.17, 15) is 8.42 Å². The Hall–Kier alpha value is -1.49. The maximum Gasteiger partial charge on any atom is 0.242 e. The molecule has 0 aliphatic heterocycles. The van der Waals surface area contributed by atoms with Gasteiger partial charge in [-0.1, -0.05) is 0 Å². The average molecular weight is 294 g/mol. The van der Waals surface area contributed by atoms with Gasteiger partial charge in [0.1, 0.15) is 16.7 Å². The van der Waals surface area contributed by atoms with Crippen molar-refractivity contribution in [2.75, 3.05) is 20.6 Å². The highest BCUT2D eigenvalue weighted by Gasteiger charge is 2.39. The molecule has 0 atom stereocenters. The van der Waals surface area contributed by atoms with Crippen molar-refractivity contribution in [1.29, 1.82) is 5.26 Å². The van der Waals surface area contributed by atoms with Crippen molar-refractivity contribution in [2.24, 2.45) is 0 Å². The van der Waals surface area contributed by atoms with Crippen molar-refractivity contribution >= 4 is 10.0 Å². The van der Waals surface area contributed by atoms with Gasteiger partial charge in [0.05, 0.1) is 0 Å². The maximum atomic E-state index is 12.2. The second-order valence-corrected chi connectivity index (χ2v) is 7.05. The largest absolute Gasteiger partial charge is 0.302 e. The van der Waals surface area contributed by atoms with Gasteiger partial charge < -0.3 is 4.90 Å². The number of hydrogen-bond donors (Lipinski definition) is 1. The van der Waals surface area contributed by atoms with Crippen LogP contribution in [0.15, 0.2) is 23.2 Å². The van der Waals surface area contributed by atoms with Crippen LogP contribution in [0.3, 0.4) is 0 Å². The summed E-state index contributed by atoms with van der Waals surface area (Å²) in [5, 5.41) is 8.66. The van der Waals surface area contributed by atoms with Gasteiger partial charge in [-0.15, -0.1) is 0 Å². The molecule has 1 aromatic rings. The van der Waals surface area contributed by atoms with E-state index in [1.165, 1.54) is 18.3 Å². The minimum absolute atomic E-state index is 0.0763. The lowest BCUT2D eigenvalue weighted by atomic mass is 9.76. The number of nitrogens with one attached hydrogen (secondary N) is 1. The zero-order valence-electron chi connectivity index (χ0n) is 11.6. The first-order valence-electron chi connectivity index (χ1n) is 6.43. The lowest BCUT2D eigenvalue weighted by Gasteiger charge is -2.47. The van der Waals surface area contributed by atoms with Crippen molar-refractivity contribution < 1.29 is 8.42 Å². The fourth-order valence-corrected chi connectivity index (χ4v) is 3.35. The molecule has 7 heteroatoms. The number of rotatable bonds is 5. The first-order valence-corrected chi connectivity index (χ1v) is 7.91. The Morgan fingerprint density at radius 2 is 2.15 bits per heavy atom. The molecule has 20 heavy (non-hydrogen) atoms. The molecule has 0 saturated heterocycles. The average Bonchev–Trinajstić information content (AvgIpc) is 2.37. The summed E-state index contributed by atoms with van der Waals surface area (Å²) in [6.07, 6.45) is 4.32. The van der Waals surface area contributed by atoms with Crippen molar-refractivity contribution in [3.63, 3.8) is 0 Å². The van der Waals surface area contributed by atoms with E-state index in [1.807, 2.05) is 20.2 Å². The molecule has 0 unspecified atom stereocenters. The van der Waals surface area contributed by atoms with E-state index in [-0.39, 0.29) is 16.1 Å². The summed E-state index contributed by atoms with van der Waals surface area (Å²) in [4.78, 5) is 5.95. The zero-order valence-corrected chi connectivity index (χ0v) is 12.4. The fraction of sp³-hybridized carbons (Fsp3) is 0.538. The van der Waals surface area contributed by atoms with Crippen LogP contribution in [-0.2, 0) is 10.0 Å². The second-order valence-electron chi connectivity index (χ2n) is 5.29. The van der Waals surface area contributed by atoms with Crippen LogP contribution in [0.25, 0.3) is 0 Å². The molecule has 1 aliphatic rings. The predicted octanol–water partition coefficient (Wildman–Crippen LogP) is 0.716. The molecule has 1 saturated carbocycles. The van der Waals surface area contributed by atoms with E-state index in [0.29, 0.717) is 6.54 Å². The summed E-state index contributed by atoms with van der Waals surface area (Å²) in [7, 11) is 0.361. The normalized spacial score (nSPS) is 17.5.